The Kier molecular flexibility index (Phi) is 5.30. The lowest BCUT2D eigenvalue weighted by Gasteiger charge is -2.11. The summed E-state index contributed by atoms with van der Waals surface area (Å²) < 4.78 is 34.7. The molecule has 9 rings (SSSR count). The second-order valence-electron chi connectivity index (χ2n) is 10.9. The van der Waals surface area contributed by atoms with Crippen molar-refractivity contribution < 1.29 is 27.1 Å². The molecule has 0 unspecified atom stereocenters. The maximum atomic E-state index is 14.1. The number of furan rings is 2. The number of benzene rings is 3. The van der Waals surface area contributed by atoms with Crippen molar-refractivity contribution in [2.75, 3.05) is 14.2 Å². The van der Waals surface area contributed by atoms with Crippen molar-refractivity contribution in [3.63, 3.8) is 0 Å². The van der Waals surface area contributed by atoms with Gasteiger partial charge in [-0.05, 0) is 36.4 Å². The van der Waals surface area contributed by atoms with Gasteiger partial charge in [0, 0.05) is 33.7 Å². The van der Waals surface area contributed by atoms with Crippen molar-refractivity contribution in [2.45, 2.75) is 0 Å². The topological polar surface area (TPSA) is 183 Å². The first kappa shape index (κ1) is 27.4. The van der Waals surface area contributed by atoms with Gasteiger partial charge in [-0.3, -0.25) is 19.2 Å². The SMILES string of the molecule is COc1c2occc2c(-n2c(=O)c3cc4c(=O)n(-c5c6ccoc6c(OC)c6oc(=O)ccc56)c(=O)c4cc3c2=O)c2ccc(=O)oc12. The van der Waals surface area contributed by atoms with Gasteiger partial charge in [0.25, 0.3) is 22.2 Å². The molecule has 0 fully saturated rings. The van der Waals surface area contributed by atoms with Gasteiger partial charge >= 0.3 is 11.3 Å². The molecule has 0 atom stereocenters. The number of rotatable bonds is 4. The fraction of sp³-hybridized carbons (Fsp3) is 0.0588. The fourth-order valence-corrected chi connectivity index (χ4v) is 6.62. The molecule has 0 saturated heterocycles. The van der Waals surface area contributed by atoms with Gasteiger partial charge in [0.15, 0.2) is 22.3 Å². The average molecular weight is 645 g/mol. The molecule has 9 aromatic rings. The van der Waals surface area contributed by atoms with Crippen LogP contribution < -0.4 is 43.0 Å². The van der Waals surface area contributed by atoms with Crippen LogP contribution in [0.25, 0.3) is 76.8 Å². The molecule has 0 saturated carbocycles. The van der Waals surface area contributed by atoms with E-state index in [4.69, 9.17) is 27.1 Å². The highest BCUT2D eigenvalue weighted by atomic mass is 16.5. The standard InChI is InChI=1S/C34H16N2O12/c1-43-29-25-15(7-9-45-25)23(13-3-5-21(37)47-27(13)29)35-31(39)17-11-19-20(12-18(17)32(35)40)34(42)36(33(19)41)24-14-4-6-22(38)48-28(14)30(44-2)26-16(24)8-10-46-26/h3-12H,1-2H3. The van der Waals surface area contributed by atoms with E-state index in [9.17, 15) is 28.8 Å². The number of aromatic nitrogens is 2. The smallest absolute Gasteiger partial charge is 0.336 e. The molecule has 3 aromatic carbocycles. The predicted molar refractivity (Wildman–Crippen MR) is 172 cm³/mol. The Labute approximate surface area is 262 Å². The Morgan fingerprint density at radius 1 is 0.458 bits per heavy atom. The molecule has 0 N–H and O–H groups in total. The van der Waals surface area contributed by atoms with E-state index in [0.29, 0.717) is 10.8 Å². The van der Waals surface area contributed by atoms with Crippen molar-refractivity contribution in [1.29, 1.82) is 0 Å². The van der Waals surface area contributed by atoms with Gasteiger partial charge < -0.3 is 27.1 Å². The summed E-state index contributed by atoms with van der Waals surface area (Å²) in [4.78, 5) is 80.6. The third-order valence-electron chi connectivity index (χ3n) is 8.59. The first-order chi connectivity index (χ1) is 23.2. The highest BCUT2D eigenvalue weighted by Crippen LogP contribution is 2.41. The van der Waals surface area contributed by atoms with Gasteiger partial charge in [-0.1, -0.05) is 0 Å². The van der Waals surface area contributed by atoms with Crippen LogP contribution >= 0.6 is 0 Å². The largest absolute Gasteiger partial charge is 0.490 e. The zero-order valence-electron chi connectivity index (χ0n) is 24.6. The number of nitrogens with zero attached hydrogens (tertiary/aromatic N) is 2. The van der Waals surface area contributed by atoms with Crippen LogP contribution in [0, 0.1) is 0 Å². The number of fused-ring (bicyclic) bond motifs is 6. The summed E-state index contributed by atoms with van der Waals surface area (Å²) in [7, 11) is 2.71. The minimum Gasteiger partial charge on any atom is -0.490 e. The Bertz CT molecular complexity index is 2940. The fourth-order valence-electron chi connectivity index (χ4n) is 6.62. The Morgan fingerprint density at radius 2 is 0.812 bits per heavy atom. The number of methoxy groups -OCH3 is 2. The van der Waals surface area contributed by atoms with Gasteiger partial charge in [-0.2, -0.15) is 0 Å². The van der Waals surface area contributed by atoms with E-state index < -0.39 is 33.5 Å². The van der Waals surface area contributed by atoms with Crippen LogP contribution in [0.2, 0.25) is 0 Å². The van der Waals surface area contributed by atoms with Gasteiger partial charge in [-0.25, -0.2) is 18.7 Å². The molecular formula is C34H16N2O12. The lowest BCUT2D eigenvalue weighted by atomic mass is 10.1. The summed E-state index contributed by atoms with van der Waals surface area (Å²) in [6.45, 7) is 0. The van der Waals surface area contributed by atoms with E-state index in [1.807, 2.05) is 0 Å². The van der Waals surface area contributed by atoms with Crippen LogP contribution in [-0.2, 0) is 0 Å². The van der Waals surface area contributed by atoms with Crippen LogP contribution in [0.15, 0.2) is 107 Å². The van der Waals surface area contributed by atoms with Crippen molar-refractivity contribution in [3.05, 3.63) is 123 Å². The molecule has 0 aliphatic heterocycles. The molecule has 0 aliphatic carbocycles. The molecule has 6 heterocycles. The van der Waals surface area contributed by atoms with E-state index in [0.717, 1.165) is 21.3 Å². The van der Waals surface area contributed by atoms with E-state index in [1.165, 1.54) is 63.1 Å². The quantitative estimate of drug-likeness (QED) is 0.254. The summed E-state index contributed by atoms with van der Waals surface area (Å²) in [5, 5.41) is 0.549. The first-order valence-electron chi connectivity index (χ1n) is 14.2. The molecular weight excluding hydrogens is 628 g/mol. The van der Waals surface area contributed by atoms with Crippen LogP contribution in [0.1, 0.15) is 0 Å². The summed E-state index contributed by atoms with van der Waals surface area (Å²) in [6.07, 6.45) is 2.66. The minimum atomic E-state index is -0.787. The lowest BCUT2D eigenvalue weighted by Crippen LogP contribution is -2.24. The second kappa shape index (κ2) is 9.29. The number of hydrogen-bond donors (Lipinski definition) is 0. The Hall–Kier alpha value is -6.96. The van der Waals surface area contributed by atoms with Gasteiger partial charge in [0.1, 0.15) is 0 Å². The van der Waals surface area contributed by atoms with E-state index in [-0.39, 0.29) is 77.5 Å². The first-order valence-corrected chi connectivity index (χ1v) is 14.2. The highest BCUT2D eigenvalue weighted by Gasteiger charge is 2.28. The van der Waals surface area contributed by atoms with Crippen LogP contribution in [0.4, 0.5) is 0 Å². The summed E-state index contributed by atoms with van der Waals surface area (Å²) in [6, 6.07) is 10.6. The maximum Gasteiger partial charge on any atom is 0.336 e. The van der Waals surface area contributed by atoms with Gasteiger partial charge in [-0.15, -0.1) is 0 Å². The van der Waals surface area contributed by atoms with E-state index in [2.05, 4.69) is 0 Å². The number of hydrogen-bond acceptors (Lipinski definition) is 12. The van der Waals surface area contributed by atoms with Crippen LogP contribution in [-0.4, -0.2) is 23.4 Å². The maximum absolute atomic E-state index is 14.1. The van der Waals surface area contributed by atoms with Gasteiger partial charge in [0.2, 0.25) is 11.5 Å². The summed E-state index contributed by atoms with van der Waals surface area (Å²) in [5.41, 5.74) is -4.24. The number of ether oxygens (including phenoxy) is 2. The molecule has 0 aliphatic rings. The molecule has 14 heteroatoms. The molecule has 14 nitrogen and oxygen atoms in total. The zero-order valence-corrected chi connectivity index (χ0v) is 24.6. The van der Waals surface area contributed by atoms with E-state index >= 15 is 0 Å². The molecule has 234 valence electrons. The lowest BCUT2D eigenvalue weighted by molar-refractivity contribution is 0.402. The second-order valence-corrected chi connectivity index (χ2v) is 10.9. The summed E-state index contributed by atoms with van der Waals surface area (Å²) in [5.74, 6) is 0.186. The molecule has 0 spiro atoms. The molecule has 0 amide bonds. The normalized spacial score (nSPS) is 12.0. The third kappa shape index (κ3) is 3.29. The van der Waals surface area contributed by atoms with Gasteiger partial charge in [0.05, 0.1) is 59.7 Å². The van der Waals surface area contributed by atoms with Crippen molar-refractivity contribution >= 4 is 65.4 Å². The molecule has 0 bridgehead atoms. The molecule has 48 heavy (non-hydrogen) atoms. The van der Waals surface area contributed by atoms with Crippen LogP contribution in [0.3, 0.4) is 0 Å². The molecule has 0 radical (unpaired) electrons. The van der Waals surface area contributed by atoms with Crippen LogP contribution in [0.5, 0.6) is 11.5 Å². The monoisotopic (exact) mass is 644 g/mol. The average Bonchev–Trinajstić information content (AvgIpc) is 3.85. The molecule has 6 aromatic heterocycles. The highest BCUT2D eigenvalue weighted by molar-refractivity contribution is 6.11. The van der Waals surface area contributed by atoms with E-state index in [1.54, 1.807) is 0 Å². The minimum absolute atomic E-state index is 0.0457. The Morgan fingerprint density at radius 3 is 1.17 bits per heavy atom. The third-order valence-corrected chi connectivity index (χ3v) is 8.59. The van der Waals surface area contributed by atoms with Crippen molar-refractivity contribution in [2.24, 2.45) is 0 Å². The Balaban J connectivity index is 1.38. The van der Waals surface area contributed by atoms with Crippen molar-refractivity contribution in [1.82, 2.24) is 9.13 Å². The zero-order chi connectivity index (χ0) is 33.2. The summed E-state index contributed by atoms with van der Waals surface area (Å²) >= 11 is 0. The van der Waals surface area contributed by atoms with Crippen molar-refractivity contribution in [3.8, 4) is 22.9 Å². The predicted octanol–water partition coefficient (Wildman–Crippen LogP) is 3.61.